The zero-order valence-corrected chi connectivity index (χ0v) is 3.79. The minimum absolute atomic E-state index is 1.24. The monoisotopic (exact) mass is 104 g/mol. The van der Waals surface area contributed by atoms with E-state index in [4.69, 9.17) is 21.0 Å². The lowest BCUT2D eigenvalue weighted by atomic mass is 10.9. The fourth-order valence-electron chi connectivity index (χ4n) is 0. The first-order chi connectivity index (χ1) is 3.83. The quantitative estimate of drug-likeness (QED) is 0.434. The van der Waals surface area contributed by atoms with E-state index in [2.05, 4.69) is 0 Å². The number of rotatable bonds is 0. The van der Waals surface area contributed by atoms with Crippen molar-refractivity contribution in [2.75, 3.05) is 0 Å². The lowest BCUT2D eigenvalue weighted by molar-refractivity contribution is 1.49. The number of hydrogen-bond acceptors (Lipinski definition) is 4. The van der Waals surface area contributed by atoms with Crippen LogP contribution in [-0.4, -0.2) is 0 Å². The van der Waals surface area contributed by atoms with Crippen molar-refractivity contribution < 1.29 is 0 Å². The summed E-state index contributed by atoms with van der Waals surface area (Å²) in [6, 6.07) is 4.94. The van der Waals surface area contributed by atoms with Gasteiger partial charge in [0.2, 0.25) is 0 Å². The average Bonchev–Trinajstić information content (AvgIpc) is 1.88. The van der Waals surface area contributed by atoms with Gasteiger partial charge in [0.1, 0.15) is 0 Å². The molecule has 0 aromatic carbocycles. The van der Waals surface area contributed by atoms with Gasteiger partial charge in [-0.25, -0.2) is 0 Å². The van der Waals surface area contributed by atoms with Crippen LogP contribution in [0.1, 0.15) is 0 Å². The fourth-order valence-corrected chi connectivity index (χ4v) is 0. The van der Waals surface area contributed by atoms with Crippen molar-refractivity contribution in [3.05, 3.63) is 0 Å². The molecule has 8 heavy (non-hydrogen) atoms. The van der Waals surface area contributed by atoms with Gasteiger partial charge in [0.05, 0.1) is 0 Å². The molecule has 0 radical (unpaired) electrons. The molecular formula is C4N4. The lowest BCUT2D eigenvalue weighted by Gasteiger charge is -1.16. The lowest BCUT2D eigenvalue weighted by Crippen LogP contribution is -1.26. The summed E-state index contributed by atoms with van der Waals surface area (Å²) in [7, 11) is 0. The highest BCUT2D eigenvalue weighted by atomic mass is 14.3. The van der Waals surface area contributed by atoms with Crippen LogP contribution in [0.25, 0.3) is 0 Å². The molecule has 0 aliphatic carbocycles. The van der Waals surface area contributed by atoms with Crippen molar-refractivity contribution in [2.24, 2.45) is 0 Å². The molecule has 36 valence electrons. The third-order valence-electron chi connectivity index (χ3n) is 0.100. The Bertz CT molecular complexity index is 142. The van der Waals surface area contributed by atoms with Crippen molar-refractivity contribution >= 4 is 0 Å². The largest absolute Gasteiger partial charge is 0.181 e. The Labute approximate surface area is 46.4 Å². The maximum Gasteiger partial charge on any atom is 0.181 e. The van der Waals surface area contributed by atoms with Crippen molar-refractivity contribution in [3.8, 4) is 24.3 Å². The molecule has 0 spiro atoms. The van der Waals surface area contributed by atoms with Gasteiger partial charge < -0.3 is 0 Å². The molecule has 4 nitrogen and oxygen atoms in total. The van der Waals surface area contributed by atoms with E-state index in [1.54, 1.807) is 0 Å². The molecule has 0 saturated heterocycles. The van der Waals surface area contributed by atoms with E-state index in [0.29, 0.717) is 0 Å². The Balaban J connectivity index is 0. The molecule has 0 N–H and O–H groups in total. The number of nitriles is 4. The second-order valence-corrected chi connectivity index (χ2v) is 0.447. The summed E-state index contributed by atoms with van der Waals surface area (Å²) in [6.07, 6.45) is 0. The fraction of sp³-hybridized carbons (Fsp3) is 0. The highest BCUT2D eigenvalue weighted by molar-refractivity contribution is 4.99. The van der Waals surface area contributed by atoms with Gasteiger partial charge in [-0.15, -0.1) is 0 Å². The van der Waals surface area contributed by atoms with Crippen molar-refractivity contribution in [1.82, 2.24) is 0 Å². The second-order valence-electron chi connectivity index (χ2n) is 0.447. The third-order valence-corrected chi connectivity index (χ3v) is 0.100. The first-order valence-corrected chi connectivity index (χ1v) is 1.39. The topological polar surface area (TPSA) is 95.2 Å². The first kappa shape index (κ1) is 9.35. The predicted molar refractivity (Wildman–Crippen MR) is 22.5 cm³/mol. The molecule has 0 amide bonds. The van der Waals surface area contributed by atoms with Gasteiger partial charge in [0.15, 0.2) is 24.3 Å². The molecule has 0 heterocycles. The third kappa shape index (κ3) is 21700. The molecule has 0 aromatic rings. The first-order valence-electron chi connectivity index (χ1n) is 1.39. The molecule has 0 aromatic heterocycles. The molecule has 4 heteroatoms. The van der Waals surface area contributed by atoms with Crippen LogP contribution in [-0.2, 0) is 0 Å². The maximum absolute atomic E-state index is 7.26. The Hall–Kier alpha value is -2.04. The highest BCUT2D eigenvalue weighted by Crippen LogP contribution is 1.27. The summed E-state index contributed by atoms with van der Waals surface area (Å²) >= 11 is 0. The van der Waals surface area contributed by atoms with Gasteiger partial charge in [-0.1, -0.05) is 0 Å². The van der Waals surface area contributed by atoms with E-state index in [-0.39, 0.29) is 0 Å². The normalized spacial score (nSPS) is 2.50. The summed E-state index contributed by atoms with van der Waals surface area (Å²) in [4.78, 5) is 0. The molecular weight excluding hydrogens is 104 g/mol. The van der Waals surface area contributed by atoms with Gasteiger partial charge in [-0.05, 0) is 0 Å². The van der Waals surface area contributed by atoms with E-state index in [1.807, 2.05) is 0 Å². The van der Waals surface area contributed by atoms with Crippen LogP contribution in [0.5, 0.6) is 0 Å². The minimum Gasteiger partial charge on any atom is -0.181 e. The van der Waals surface area contributed by atoms with Crippen LogP contribution >= 0.6 is 0 Å². The molecule has 0 atom stereocenters. The van der Waals surface area contributed by atoms with Gasteiger partial charge in [0.25, 0.3) is 0 Å². The van der Waals surface area contributed by atoms with Gasteiger partial charge in [-0.3, -0.25) is 0 Å². The molecule has 0 bridgehead atoms. The van der Waals surface area contributed by atoms with Crippen molar-refractivity contribution in [2.45, 2.75) is 0 Å². The SMILES string of the molecule is N#CC#N.N#CC#N. The zero-order valence-electron chi connectivity index (χ0n) is 3.79. The van der Waals surface area contributed by atoms with Gasteiger partial charge >= 0.3 is 0 Å². The predicted octanol–water partition coefficient (Wildman–Crippen LogP) is 0.0671. The number of hydrogen-bond donors (Lipinski definition) is 0. The van der Waals surface area contributed by atoms with Crippen LogP contribution in [0, 0.1) is 45.3 Å². The van der Waals surface area contributed by atoms with Crippen LogP contribution in [0.3, 0.4) is 0 Å². The number of nitrogens with zero attached hydrogens (tertiary/aromatic N) is 4. The Morgan fingerprint density at radius 2 is 0.625 bits per heavy atom. The molecule has 0 aliphatic rings. The van der Waals surface area contributed by atoms with Crippen LogP contribution in [0.2, 0.25) is 0 Å². The van der Waals surface area contributed by atoms with Crippen LogP contribution in [0.4, 0.5) is 0 Å². The maximum atomic E-state index is 7.26. The smallest absolute Gasteiger partial charge is 0.181 e. The van der Waals surface area contributed by atoms with E-state index in [0.717, 1.165) is 0 Å². The van der Waals surface area contributed by atoms with Crippen LogP contribution < -0.4 is 0 Å². The Morgan fingerprint density at radius 1 is 0.500 bits per heavy atom. The summed E-state index contributed by atoms with van der Waals surface area (Å²) in [5.74, 6) is 0. The molecule has 0 aliphatic heterocycles. The van der Waals surface area contributed by atoms with Crippen LogP contribution in [0.15, 0.2) is 0 Å². The molecule has 0 saturated carbocycles. The van der Waals surface area contributed by atoms with E-state index in [9.17, 15) is 0 Å². The van der Waals surface area contributed by atoms with Gasteiger partial charge in [-0.2, -0.15) is 21.0 Å². The zero-order chi connectivity index (χ0) is 6.83. The minimum atomic E-state index is 1.24. The molecule has 0 rings (SSSR count). The summed E-state index contributed by atoms with van der Waals surface area (Å²) in [5, 5.41) is 29.1. The second kappa shape index (κ2) is 20.2. The highest BCUT2D eigenvalue weighted by Gasteiger charge is 1.40. The van der Waals surface area contributed by atoms with Crippen molar-refractivity contribution in [3.63, 3.8) is 0 Å². The molecule has 0 unspecified atom stereocenters. The van der Waals surface area contributed by atoms with Crippen molar-refractivity contribution in [1.29, 1.82) is 21.0 Å². The summed E-state index contributed by atoms with van der Waals surface area (Å²) in [6.45, 7) is 0. The standard InChI is InChI=1S/2C2N2/c2*3-1-2-4. The molecule has 0 fully saturated rings. The van der Waals surface area contributed by atoms with E-state index >= 15 is 0 Å². The van der Waals surface area contributed by atoms with E-state index < -0.39 is 0 Å². The summed E-state index contributed by atoms with van der Waals surface area (Å²) in [5.41, 5.74) is 0. The Kier molecular flexibility index (Phi) is 23.7. The van der Waals surface area contributed by atoms with Gasteiger partial charge in [0, 0.05) is 0 Å². The summed E-state index contributed by atoms with van der Waals surface area (Å²) < 4.78 is 0. The van der Waals surface area contributed by atoms with E-state index in [1.165, 1.54) is 24.3 Å². The Morgan fingerprint density at radius 3 is 0.625 bits per heavy atom. The average molecular weight is 104 g/mol.